The molecule has 1 radical (unpaired) electrons. The minimum atomic E-state index is -3.57. The molecule has 0 atom stereocenters. The van der Waals surface area contributed by atoms with Crippen molar-refractivity contribution in [3.8, 4) is 0 Å². The Labute approximate surface area is 168 Å². The van der Waals surface area contributed by atoms with Gasteiger partial charge in [0, 0.05) is 0 Å². The van der Waals surface area contributed by atoms with E-state index in [1.807, 2.05) is 24.3 Å². The molecule has 4 heteroatoms. The first-order valence-corrected chi connectivity index (χ1v) is 14.1. The summed E-state index contributed by atoms with van der Waals surface area (Å²) >= 11 is -3.57. The van der Waals surface area contributed by atoms with Gasteiger partial charge < -0.3 is 0 Å². The van der Waals surface area contributed by atoms with E-state index in [9.17, 15) is 10.1 Å². The number of rotatable bonds is 5. The van der Waals surface area contributed by atoms with Gasteiger partial charge in [0.2, 0.25) is 0 Å². The zero-order valence-electron chi connectivity index (χ0n) is 15.2. The Morgan fingerprint density at radius 2 is 0.929 bits per heavy atom. The summed E-state index contributed by atoms with van der Waals surface area (Å²) in [5.74, 6) is 0. The molecule has 0 heterocycles. The zero-order valence-corrected chi connectivity index (χ0v) is 17.7. The van der Waals surface area contributed by atoms with E-state index in [0.717, 1.165) is 3.51 Å². The Morgan fingerprint density at radius 1 is 0.536 bits per heavy atom. The van der Waals surface area contributed by atoms with Crippen LogP contribution >= 0.6 is 0 Å². The molecule has 0 spiro atoms. The molecule has 0 amide bonds. The van der Waals surface area contributed by atoms with E-state index in [1.54, 1.807) is 12.1 Å². The molecule has 0 unspecified atom stereocenters. The Balaban J connectivity index is 2.13. The van der Waals surface area contributed by atoms with Crippen LogP contribution in [0.15, 0.2) is 115 Å². The van der Waals surface area contributed by atoms with Gasteiger partial charge in [0.15, 0.2) is 0 Å². The summed E-state index contributed by atoms with van der Waals surface area (Å²) in [6.07, 6.45) is 0. The van der Waals surface area contributed by atoms with Gasteiger partial charge in [0.1, 0.15) is 0 Å². The van der Waals surface area contributed by atoms with E-state index in [2.05, 4.69) is 78.9 Å². The summed E-state index contributed by atoms with van der Waals surface area (Å²) in [6.45, 7) is 0. The van der Waals surface area contributed by atoms with Gasteiger partial charge in [-0.3, -0.25) is 0 Å². The third-order valence-electron chi connectivity index (χ3n) is 4.86. The van der Waals surface area contributed by atoms with Crippen molar-refractivity contribution in [2.75, 3.05) is 0 Å². The predicted molar refractivity (Wildman–Crippen MR) is 117 cm³/mol. The van der Waals surface area contributed by atoms with Crippen molar-refractivity contribution in [2.45, 2.75) is 0 Å². The average Bonchev–Trinajstić information content (AvgIpc) is 2.77. The van der Waals surface area contributed by atoms with Crippen LogP contribution in [0.25, 0.3) is 0 Å². The monoisotopic (exact) mass is 474 g/mol. The maximum absolute atomic E-state index is 11.5. The second kappa shape index (κ2) is 8.00. The number of nitro groups is 1. The Morgan fingerprint density at radius 3 is 1.32 bits per heavy atom. The molecule has 137 valence electrons. The van der Waals surface area contributed by atoms with Gasteiger partial charge in [-0.1, -0.05) is 0 Å². The zero-order chi connectivity index (χ0) is 19.4. The second-order valence-corrected chi connectivity index (χ2v) is 16.2. The van der Waals surface area contributed by atoms with E-state index >= 15 is 0 Å². The minimum absolute atomic E-state index is 0.138. The van der Waals surface area contributed by atoms with E-state index in [-0.39, 0.29) is 10.6 Å². The topological polar surface area (TPSA) is 43.1 Å². The molecule has 4 aromatic carbocycles. The van der Waals surface area contributed by atoms with Crippen LogP contribution in [-0.2, 0) is 0 Å². The standard InChI is InChI=1S/C6H4NO2.3C6H5.Sb/c8-7(9)6-4-2-1-3-5-6;3*1-2-4-6-5-3-1;/h1-2,4-5H;3*1-5H;. The van der Waals surface area contributed by atoms with Crippen molar-refractivity contribution in [3.05, 3.63) is 125 Å². The first-order chi connectivity index (χ1) is 13.7. The van der Waals surface area contributed by atoms with Crippen molar-refractivity contribution in [1.82, 2.24) is 0 Å². The van der Waals surface area contributed by atoms with Crippen LogP contribution in [0.3, 0.4) is 0 Å². The van der Waals surface area contributed by atoms with Gasteiger partial charge in [-0.05, 0) is 0 Å². The molecule has 0 bridgehead atoms. The van der Waals surface area contributed by atoms with Gasteiger partial charge in [-0.15, -0.1) is 0 Å². The van der Waals surface area contributed by atoms with Gasteiger partial charge in [-0.25, -0.2) is 0 Å². The predicted octanol–water partition coefficient (Wildman–Crippen LogP) is 2.97. The van der Waals surface area contributed by atoms with Gasteiger partial charge in [0.05, 0.1) is 0 Å². The quantitative estimate of drug-likeness (QED) is 0.253. The number of nitrogens with zero attached hydrogens (tertiary/aromatic N) is 1. The normalized spacial score (nSPS) is 11.1. The van der Waals surface area contributed by atoms with E-state index in [4.69, 9.17) is 0 Å². The van der Waals surface area contributed by atoms with Crippen molar-refractivity contribution in [3.63, 3.8) is 0 Å². The van der Waals surface area contributed by atoms with Crippen LogP contribution in [0.4, 0.5) is 5.69 Å². The fourth-order valence-corrected chi connectivity index (χ4v) is 15.9. The number of nitro benzene ring substituents is 1. The molecule has 0 fully saturated rings. The average molecular weight is 475 g/mol. The number of non-ortho nitro benzene ring substituents is 1. The molecule has 4 rings (SSSR count). The van der Waals surface area contributed by atoms with E-state index in [1.165, 1.54) is 10.5 Å². The summed E-state index contributed by atoms with van der Waals surface area (Å²) in [6, 6.07) is 38.6. The molecule has 0 aromatic heterocycles. The van der Waals surface area contributed by atoms with Crippen molar-refractivity contribution < 1.29 is 4.92 Å². The number of hydrogen-bond acceptors (Lipinski definition) is 2. The Bertz CT molecular complexity index is 986. The molecule has 0 aliphatic carbocycles. The van der Waals surface area contributed by atoms with Crippen LogP contribution in [0.2, 0.25) is 0 Å². The molecule has 0 aliphatic rings. The van der Waals surface area contributed by atoms with E-state index in [0.29, 0.717) is 0 Å². The van der Waals surface area contributed by atoms with Gasteiger partial charge >= 0.3 is 169 Å². The molecule has 0 N–H and O–H groups in total. The molecular formula is C24H19NO2Sb. The van der Waals surface area contributed by atoms with Crippen LogP contribution in [0.5, 0.6) is 0 Å². The Kier molecular flexibility index (Phi) is 5.27. The molecule has 0 saturated carbocycles. The van der Waals surface area contributed by atoms with Crippen molar-refractivity contribution in [2.24, 2.45) is 0 Å². The SMILES string of the molecule is O=[N+]([O-])c1ccc[c]([Sb]([c]2ccccc2)([c]2ccccc2)[c]2ccccc2)c1. The van der Waals surface area contributed by atoms with E-state index < -0.39 is 18.8 Å². The first kappa shape index (κ1) is 18.5. The summed E-state index contributed by atoms with van der Waals surface area (Å²) in [5, 5.41) is 11.5. The second-order valence-electron chi connectivity index (χ2n) is 6.45. The third-order valence-corrected chi connectivity index (χ3v) is 17.0. The van der Waals surface area contributed by atoms with Crippen molar-refractivity contribution in [1.29, 1.82) is 0 Å². The molecule has 0 saturated heterocycles. The van der Waals surface area contributed by atoms with Crippen molar-refractivity contribution >= 4 is 38.5 Å². The third kappa shape index (κ3) is 3.23. The van der Waals surface area contributed by atoms with Gasteiger partial charge in [0.25, 0.3) is 0 Å². The van der Waals surface area contributed by atoms with Crippen LogP contribution < -0.4 is 14.0 Å². The van der Waals surface area contributed by atoms with Crippen LogP contribution in [0.1, 0.15) is 0 Å². The summed E-state index contributed by atoms with van der Waals surface area (Å²) < 4.78 is 4.85. The number of benzene rings is 4. The first-order valence-electron chi connectivity index (χ1n) is 9.04. The fourth-order valence-electron chi connectivity index (χ4n) is 3.66. The fraction of sp³-hybridized carbons (Fsp3) is 0. The number of hydrogen-bond donors (Lipinski definition) is 0. The van der Waals surface area contributed by atoms with Gasteiger partial charge in [-0.2, -0.15) is 0 Å². The molecular weight excluding hydrogens is 456 g/mol. The molecule has 0 aliphatic heterocycles. The van der Waals surface area contributed by atoms with Crippen LogP contribution in [0, 0.1) is 10.1 Å². The summed E-state index contributed by atoms with van der Waals surface area (Å²) in [7, 11) is 0. The summed E-state index contributed by atoms with van der Waals surface area (Å²) in [4.78, 5) is 11.2. The molecule has 3 nitrogen and oxygen atoms in total. The Hall–Kier alpha value is -2.90. The molecule has 4 aromatic rings. The van der Waals surface area contributed by atoms with Crippen LogP contribution in [-0.4, -0.2) is 23.7 Å². The maximum atomic E-state index is 11.5. The summed E-state index contributed by atoms with van der Waals surface area (Å²) in [5.41, 5.74) is 0.138. The molecule has 28 heavy (non-hydrogen) atoms.